The summed E-state index contributed by atoms with van der Waals surface area (Å²) >= 11 is 6.41. The number of morpholine rings is 1. The van der Waals surface area contributed by atoms with E-state index in [1.165, 1.54) is 12.1 Å². The van der Waals surface area contributed by atoms with Gasteiger partial charge in [0.25, 0.3) is 11.8 Å². The fraction of sp³-hybridized carbons (Fsp3) is 0.250. The average molecular weight is 616 g/mol. The zero-order chi connectivity index (χ0) is 30.5. The number of nitrogens with one attached hydrogen (secondary N) is 3. The number of rotatable bonds is 6. The number of benzene rings is 3. The van der Waals surface area contributed by atoms with Crippen LogP contribution in [0.5, 0.6) is 11.5 Å². The lowest BCUT2D eigenvalue weighted by Gasteiger charge is -2.26. The first kappa shape index (κ1) is 28.1. The summed E-state index contributed by atoms with van der Waals surface area (Å²) in [7, 11) is 0. The summed E-state index contributed by atoms with van der Waals surface area (Å²) in [6.45, 7) is 2.25. The highest BCUT2D eigenvalue weighted by molar-refractivity contribution is 6.19. The van der Waals surface area contributed by atoms with Gasteiger partial charge in [-0.15, -0.1) is 11.6 Å². The normalized spacial score (nSPS) is 17.3. The van der Waals surface area contributed by atoms with Crippen molar-refractivity contribution in [3.05, 3.63) is 83.2 Å². The maximum Gasteiger partial charge on any atom is 0.274 e. The van der Waals surface area contributed by atoms with Crippen molar-refractivity contribution < 1.29 is 29.6 Å². The molecule has 0 aliphatic carbocycles. The molecule has 2 atom stereocenters. The second-order valence-corrected chi connectivity index (χ2v) is 11.4. The number of fused-ring (bicyclic) bond motifs is 4. The van der Waals surface area contributed by atoms with Gasteiger partial charge in [0.2, 0.25) is 0 Å². The van der Waals surface area contributed by atoms with Gasteiger partial charge in [-0.05, 0) is 48.0 Å². The van der Waals surface area contributed by atoms with Gasteiger partial charge in [0, 0.05) is 65.0 Å². The molecular formula is C32H30ClN5O6. The number of aliphatic hydroxyl groups excluding tert-OH is 1. The lowest BCUT2D eigenvalue weighted by molar-refractivity contribution is 0.0299. The lowest BCUT2D eigenvalue weighted by Crippen LogP contribution is -2.40. The van der Waals surface area contributed by atoms with Crippen molar-refractivity contribution in [3.8, 4) is 11.5 Å². The summed E-state index contributed by atoms with van der Waals surface area (Å²) in [6, 6.07) is 16.7. The molecule has 6 N–H and O–H groups in total. The molecule has 4 heterocycles. The molecule has 2 aliphatic rings. The summed E-state index contributed by atoms with van der Waals surface area (Å²) < 4.78 is 5.36. The number of amides is 2. The first-order valence-electron chi connectivity index (χ1n) is 14.3. The molecule has 0 bridgehead atoms. The molecule has 1 unspecified atom stereocenters. The monoisotopic (exact) mass is 615 g/mol. The van der Waals surface area contributed by atoms with Gasteiger partial charge in [0.05, 0.1) is 24.4 Å². The van der Waals surface area contributed by atoms with Crippen LogP contribution in [0, 0.1) is 0 Å². The van der Waals surface area contributed by atoms with E-state index in [9.17, 15) is 24.9 Å². The molecule has 3 aromatic carbocycles. The van der Waals surface area contributed by atoms with Gasteiger partial charge < -0.3 is 45.1 Å². The van der Waals surface area contributed by atoms with Crippen molar-refractivity contribution >= 4 is 56.6 Å². The Kier molecular flexibility index (Phi) is 7.08. The SMILES string of the molecule is O=C(c1cc2c3c(cc(O)c2[nH]1)N(C(=O)c1cc2cc(NC(O)c4ccc(O)cc4)ccc2[nH]1)C[C@H]3CCl)N1CCOCC1. The lowest BCUT2D eigenvalue weighted by atomic mass is 9.98. The number of aromatic amines is 2. The second kappa shape index (κ2) is 11.1. The van der Waals surface area contributed by atoms with Gasteiger partial charge in [-0.25, -0.2) is 0 Å². The highest BCUT2D eigenvalue weighted by Gasteiger charge is 2.36. The summed E-state index contributed by atoms with van der Waals surface area (Å²) in [5.74, 6) is -0.364. The molecule has 5 aromatic rings. The Morgan fingerprint density at radius 2 is 1.73 bits per heavy atom. The van der Waals surface area contributed by atoms with Crippen LogP contribution in [0.15, 0.2) is 60.7 Å². The van der Waals surface area contributed by atoms with Crippen molar-refractivity contribution in [2.45, 2.75) is 12.1 Å². The quantitative estimate of drug-likeness (QED) is 0.120. The van der Waals surface area contributed by atoms with E-state index in [-0.39, 0.29) is 35.1 Å². The van der Waals surface area contributed by atoms with Gasteiger partial charge in [0.1, 0.15) is 22.9 Å². The van der Waals surface area contributed by atoms with Crippen LogP contribution >= 0.6 is 11.6 Å². The maximum absolute atomic E-state index is 13.9. The van der Waals surface area contributed by atoms with Gasteiger partial charge >= 0.3 is 0 Å². The first-order chi connectivity index (χ1) is 21.3. The maximum atomic E-state index is 13.9. The molecule has 1 fully saturated rings. The molecule has 0 radical (unpaired) electrons. The zero-order valence-electron chi connectivity index (χ0n) is 23.5. The van der Waals surface area contributed by atoms with E-state index in [1.54, 1.807) is 46.2 Å². The number of phenols is 2. The van der Waals surface area contributed by atoms with E-state index in [2.05, 4.69) is 15.3 Å². The van der Waals surface area contributed by atoms with Gasteiger partial charge in [0.15, 0.2) is 6.23 Å². The number of alkyl halides is 1. The summed E-state index contributed by atoms with van der Waals surface area (Å²) in [5, 5.41) is 35.5. The van der Waals surface area contributed by atoms with Crippen LogP contribution in [0.25, 0.3) is 21.8 Å². The van der Waals surface area contributed by atoms with Crippen LogP contribution < -0.4 is 10.2 Å². The minimum absolute atomic E-state index is 0.0626. The van der Waals surface area contributed by atoms with E-state index in [4.69, 9.17) is 16.3 Å². The van der Waals surface area contributed by atoms with Gasteiger partial charge in [-0.2, -0.15) is 0 Å². The van der Waals surface area contributed by atoms with Crippen LogP contribution in [-0.4, -0.2) is 80.7 Å². The minimum Gasteiger partial charge on any atom is -0.508 e. The number of phenolic OH excluding ortho intramolecular Hbond substituents is 2. The number of H-pyrrole nitrogens is 2. The third-order valence-corrected chi connectivity index (χ3v) is 8.71. The molecule has 12 heteroatoms. The topological polar surface area (TPSA) is 154 Å². The van der Waals surface area contributed by atoms with Crippen LogP contribution in [-0.2, 0) is 4.74 Å². The molecule has 7 rings (SSSR count). The largest absolute Gasteiger partial charge is 0.508 e. The molecule has 2 aromatic heterocycles. The molecule has 2 aliphatic heterocycles. The Bertz CT molecular complexity index is 1900. The average Bonchev–Trinajstić information content (AvgIpc) is 3.76. The molecule has 44 heavy (non-hydrogen) atoms. The molecule has 0 spiro atoms. The van der Waals surface area contributed by atoms with Gasteiger partial charge in [-0.3, -0.25) is 9.59 Å². The predicted octanol–water partition coefficient (Wildman–Crippen LogP) is 4.62. The Morgan fingerprint density at radius 3 is 2.48 bits per heavy atom. The molecule has 226 valence electrons. The smallest absolute Gasteiger partial charge is 0.274 e. The van der Waals surface area contributed by atoms with Crippen LogP contribution in [0.3, 0.4) is 0 Å². The van der Waals surface area contributed by atoms with Crippen molar-refractivity contribution in [2.24, 2.45) is 0 Å². The number of aliphatic hydroxyl groups is 1. The van der Waals surface area contributed by atoms with E-state index in [0.29, 0.717) is 72.1 Å². The van der Waals surface area contributed by atoms with Crippen molar-refractivity contribution in [1.29, 1.82) is 0 Å². The van der Waals surface area contributed by atoms with Crippen molar-refractivity contribution in [2.75, 3.05) is 48.9 Å². The molecule has 2 amide bonds. The third-order valence-electron chi connectivity index (χ3n) is 8.34. The molecule has 11 nitrogen and oxygen atoms in total. The Morgan fingerprint density at radius 1 is 0.977 bits per heavy atom. The fourth-order valence-corrected chi connectivity index (χ4v) is 6.35. The van der Waals surface area contributed by atoms with Crippen molar-refractivity contribution in [1.82, 2.24) is 14.9 Å². The summed E-state index contributed by atoms with van der Waals surface area (Å²) in [4.78, 5) is 36.7. The number of carbonyl (C=O) groups is 2. The minimum atomic E-state index is -0.996. The molecule has 0 saturated carbocycles. The van der Waals surface area contributed by atoms with Gasteiger partial charge in [-0.1, -0.05) is 12.1 Å². The van der Waals surface area contributed by atoms with E-state index >= 15 is 0 Å². The van der Waals surface area contributed by atoms with Crippen LogP contribution in [0.1, 0.15) is 44.2 Å². The predicted molar refractivity (Wildman–Crippen MR) is 167 cm³/mol. The number of hydrogen-bond acceptors (Lipinski definition) is 7. The molecular weight excluding hydrogens is 586 g/mol. The van der Waals surface area contributed by atoms with Crippen molar-refractivity contribution in [3.63, 3.8) is 0 Å². The number of anilines is 2. The number of ether oxygens (including phenoxy) is 1. The standard InChI is InChI=1S/C32H30ClN5O6/c33-15-19-16-38(26-14-27(40)29-22(28(19)26)13-25(36-29)31(42)37-7-9-44-10-8-37)32(43)24-12-18-11-20(3-6-23(18)35-24)34-30(41)17-1-4-21(39)5-2-17/h1-6,11-14,19,30,34-36,39-41H,7-10,15-16H2/t19-,30?/m1/s1. The summed E-state index contributed by atoms with van der Waals surface area (Å²) in [6.07, 6.45) is -0.996. The molecule has 1 saturated heterocycles. The highest BCUT2D eigenvalue weighted by atomic mass is 35.5. The second-order valence-electron chi connectivity index (χ2n) is 11.1. The van der Waals surface area contributed by atoms with E-state index < -0.39 is 6.23 Å². The number of hydrogen-bond donors (Lipinski definition) is 6. The third kappa shape index (κ3) is 4.88. The zero-order valence-corrected chi connectivity index (χ0v) is 24.3. The Labute approximate surface area is 256 Å². The fourth-order valence-electron chi connectivity index (χ4n) is 6.10. The summed E-state index contributed by atoms with van der Waals surface area (Å²) in [5.41, 5.74) is 4.48. The number of aromatic nitrogens is 2. The van der Waals surface area contributed by atoms with Crippen LogP contribution in [0.4, 0.5) is 11.4 Å². The first-order valence-corrected chi connectivity index (χ1v) is 14.8. The Hall–Kier alpha value is -4.71. The number of halogens is 1. The number of aromatic hydroxyl groups is 2. The number of carbonyl (C=O) groups excluding carboxylic acids is 2. The Balaban J connectivity index is 1.18. The van der Waals surface area contributed by atoms with E-state index in [1.807, 2.05) is 12.1 Å². The van der Waals surface area contributed by atoms with Crippen LogP contribution in [0.2, 0.25) is 0 Å². The number of nitrogens with zero attached hydrogens (tertiary/aromatic N) is 2. The highest BCUT2D eigenvalue weighted by Crippen LogP contribution is 2.46. The van der Waals surface area contributed by atoms with E-state index in [0.717, 1.165) is 16.5 Å².